The Balaban J connectivity index is 1.75. The molecule has 0 unspecified atom stereocenters. The number of benzene rings is 1. The first-order valence-electron chi connectivity index (χ1n) is 7.01. The number of hydrogen-bond acceptors (Lipinski definition) is 6. The highest BCUT2D eigenvalue weighted by atomic mass is 32.1. The zero-order chi connectivity index (χ0) is 15.5. The predicted molar refractivity (Wildman–Crippen MR) is 83.5 cm³/mol. The fourth-order valence-electron chi connectivity index (χ4n) is 2.11. The fourth-order valence-corrected chi connectivity index (χ4v) is 2.63. The summed E-state index contributed by atoms with van der Waals surface area (Å²) in [6.07, 6.45) is 3.25. The maximum absolute atomic E-state index is 12.4. The number of fused-ring (bicyclic) bond motifs is 1. The number of hydrogen-bond donors (Lipinski definition) is 1. The highest BCUT2D eigenvalue weighted by molar-refractivity contribution is 7.00. The standard InChI is InChI=1S/C14H16N6OS/c1-9(2)13(8-20-15-5-6-16-20)17-14(21)10-3-4-11-12(7-10)19-22-18-11/h3-7,9,13H,8H2,1-2H3,(H,17,21)/t13-/m0/s1. The van der Waals surface area contributed by atoms with E-state index in [1.165, 1.54) is 0 Å². The van der Waals surface area contributed by atoms with Crippen LogP contribution in [0.2, 0.25) is 0 Å². The van der Waals surface area contributed by atoms with Crippen LogP contribution in [-0.2, 0) is 6.54 Å². The Morgan fingerprint density at radius 2 is 1.95 bits per heavy atom. The van der Waals surface area contributed by atoms with Crippen molar-refractivity contribution < 1.29 is 4.79 Å². The van der Waals surface area contributed by atoms with Crippen LogP contribution in [0.5, 0.6) is 0 Å². The van der Waals surface area contributed by atoms with Gasteiger partial charge in [0.25, 0.3) is 5.91 Å². The molecule has 0 aliphatic carbocycles. The van der Waals surface area contributed by atoms with Gasteiger partial charge in [-0.15, -0.1) is 0 Å². The van der Waals surface area contributed by atoms with Gasteiger partial charge in [0, 0.05) is 5.56 Å². The Kier molecular flexibility index (Phi) is 4.10. The number of nitrogens with zero attached hydrogens (tertiary/aromatic N) is 5. The number of nitrogens with one attached hydrogen (secondary N) is 1. The number of amides is 1. The molecule has 2 heterocycles. The van der Waals surface area contributed by atoms with Crippen molar-refractivity contribution >= 4 is 28.7 Å². The third-order valence-electron chi connectivity index (χ3n) is 3.46. The number of carbonyl (C=O) groups is 1. The topological polar surface area (TPSA) is 85.6 Å². The van der Waals surface area contributed by atoms with Crippen molar-refractivity contribution in [3.63, 3.8) is 0 Å². The third-order valence-corrected chi connectivity index (χ3v) is 4.02. The van der Waals surface area contributed by atoms with E-state index in [1.807, 2.05) is 6.07 Å². The fraction of sp³-hybridized carbons (Fsp3) is 0.357. The molecule has 1 amide bonds. The van der Waals surface area contributed by atoms with E-state index in [9.17, 15) is 4.79 Å². The smallest absolute Gasteiger partial charge is 0.251 e. The second kappa shape index (κ2) is 6.18. The van der Waals surface area contributed by atoms with Gasteiger partial charge in [0.05, 0.1) is 36.7 Å². The molecule has 8 heteroatoms. The first-order chi connectivity index (χ1) is 10.6. The second-order valence-corrected chi connectivity index (χ2v) is 5.90. The molecule has 1 aromatic carbocycles. The number of rotatable bonds is 5. The van der Waals surface area contributed by atoms with Gasteiger partial charge >= 0.3 is 0 Å². The lowest BCUT2D eigenvalue weighted by Crippen LogP contribution is -2.42. The molecule has 0 aliphatic rings. The van der Waals surface area contributed by atoms with E-state index < -0.39 is 0 Å². The first kappa shape index (κ1) is 14.6. The van der Waals surface area contributed by atoms with Crippen LogP contribution in [0.3, 0.4) is 0 Å². The molecule has 3 aromatic rings. The van der Waals surface area contributed by atoms with Crippen molar-refractivity contribution in [3.05, 3.63) is 36.2 Å². The van der Waals surface area contributed by atoms with Crippen LogP contribution in [0.15, 0.2) is 30.6 Å². The average Bonchev–Trinajstić information content (AvgIpc) is 3.16. The van der Waals surface area contributed by atoms with E-state index in [4.69, 9.17) is 0 Å². The monoisotopic (exact) mass is 316 g/mol. The summed E-state index contributed by atoms with van der Waals surface area (Å²) >= 11 is 1.14. The maximum atomic E-state index is 12.4. The molecule has 2 aromatic heterocycles. The van der Waals surface area contributed by atoms with Gasteiger partial charge in [-0.1, -0.05) is 13.8 Å². The molecule has 7 nitrogen and oxygen atoms in total. The van der Waals surface area contributed by atoms with Gasteiger partial charge in [-0.25, -0.2) is 0 Å². The molecule has 0 aliphatic heterocycles. The molecule has 0 saturated heterocycles. The molecule has 0 saturated carbocycles. The maximum Gasteiger partial charge on any atom is 0.251 e. The van der Waals surface area contributed by atoms with Gasteiger partial charge in [0.15, 0.2) is 0 Å². The van der Waals surface area contributed by atoms with Crippen LogP contribution in [0.4, 0.5) is 0 Å². The first-order valence-corrected chi connectivity index (χ1v) is 7.74. The summed E-state index contributed by atoms with van der Waals surface area (Å²) in [4.78, 5) is 14.0. The molecule has 22 heavy (non-hydrogen) atoms. The number of aromatic nitrogens is 5. The summed E-state index contributed by atoms with van der Waals surface area (Å²) in [6, 6.07) is 5.29. The highest BCUT2D eigenvalue weighted by Crippen LogP contribution is 2.14. The van der Waals surface area contributed by atoms with Crippen molar-refractivity contribution in [1.29, 1.82) is 0 Å². The van der Waals surface area contributed by atoms with Crippen molar-refractivity contribution in [2.24, 2.45) is 5.92 Å². The molecular weight excluding hydrogens is 300 g/mol. The van der Waals surface area contributed by atoms with Crippen molar-refractivity contribution in [2.45, 2.75) is 26.4 Å². The van der Waals surface area contributed by atoms with Gasteiger partial charge < -0.3 is 5.32 Å². The summed E-state index contributed by atoms with van der Waals surface area (Å²) in [5.41, 5.74) is 2.13. The minimum Gasteiger partial charge on any atom is -0.347 e. The zero-order valence-corrected chi connectivity index (χ0v) is 13.1. The summed E-state index contributed by atoms with van der Waals surface area (Å²) in [7, 11) is 0. The molecule has 0 bridgehead atoms. The van der Waals surface area contributed by atoms with Crippen LogP contribution in [0, 0.1) is 5.92 Å². The lowest BCUT2D eigenvalue weighted by molar-refractivity contribution is 0.0918. The van der Waals surface area contributed by atoms with Gasteiger partial charge in [0.2, 0.25) is 0 Å². The third kappa shape index (κ3) is 3.11. The Labute approximate surface area is 131 Å². The molecule has 114 valence electrons. The van der Waals surface area contributed by atoms with Crippen LogP contribution >= 0.6 is 11.7 Å². The summed E-state index contributed by atoms with van der Waals surface area (Å²) in [6.45, 7) is 4.65. The largest absolute Gasteiger partial charge is 0.347 e. The minimum atomic E-state index is -0.124. The average molecular weight is 316 g/mol. The van der Waals surface area contributed by atoms with Crippen molar-refractivity contribution in [1.82, 2.24) is 29.1 Å². The number of carbonyl (C=O) groups excluding carboxylic acids is 1. The van der Waals surface area contributed by atoms with Gasteiger partial charge in [-0.2, -0.15) is 23.7 Å². The zero-order valence-electron chi connectivity index (χ0n) is 12.3. The van der Waals surface area contributed by atoms with E-state index in [0.29, 0.717) is 12.1 Å². The Morgan fingerprint density at radius 1 is 1.23 bits per heavy atom. The van der Waals surface area contributed by atoms with Gasteiger partial charge in [-0.05, 0) is 24.1 Å². The summed E-state index contributed by atoms with van der Waals surface area (Å²) in [5.74, 6) is 0.139. The van der Waals surface area contributed by atoms with Crippen LogP contribution in [-0.4, -0.2) is 35.7 Å². The molecule has 0 fully saturated rings. The Bertz CT molecular complexity index is 767. The van der Waals surface area contributed by atoms with Crippen LogP contribution < -0.4 is 5.32 Å². The van der Waals surface area contributed by atoms with Gasteiger partial charge in [-0.3, -0.25) is 4.79 Å². The van der Waals surface area contributed by atoms with E-state index in [-0.39, 0.29) is 17.9 Å². The Hall–Kier alpha value is -2.35. The van der Waals surface area contributed by atoms with Crippen molar-refractivity contribution in [2.75, 3.05) is 0 Å². The summed E-state index contributed by atoms with van der Waals surface area (Å²) < 4.78 is 8.30. The van der Waals surface area contributed by atoms with E-state index in [0.717, 1.165) is 22.8 Å². The SMILES string of the molecule is CC(C)[C@H](Cn1nccn1)NC(=O)c1ccc2nsnc2c1. The second-order valence-electron chi connectivity index (χ2n) is 5.38. The highest BCUT2D eigenvalue weighted by Gasteiger charge is 2.19. The van der Waals surface area contributed by atoms with E-state index in [1.54, 1.807) is 29.3 Å². The summed E-state index contributed by atoms with van der Waals surface area (Å²) in [5, 5.41) is 11.2. The quantitative estimate of drug-likeness (QED) is 0.775. The minimum absolute atomic E-state index is 0.0517. The van der Waals surface area contributed by atoms with Gasteiger partial charge in [0.1, 0.15) is 11.0 Å². The molecule has 1 atom stereocenters. The molecule has 0 radical (unpaired) electrons. The van der Waals surface area contributed by atoms with E-state index in [2.05, 4.69) is 38.1 Å². The predicted octanol–water partition coefficient (Wildman–Crippen LogP) is 1.74. The van der Waals surface area contributed by atoms with Crippen molar-refractivity contribution in [3.8, 4) is 0 Å². The van der Waals surface area contributed by atoms with Crippen LogP contribution in [0.1, 0.15) is 24.2 Å². The molecule has 1 N–H and O–H groups in total. The molecule has 3 rings (SSSR count). The Morgan fingerprint density at radius 3 is 2.68 bits per heavy atom. The van der Waals surface area contributed by atoms with E-state index >= 15 is 0 Å². The molecule has 0 spiro atoms. The molecular formula is C14H16N6OS. The lowest BCUT2D eigenvalue weighted by Gasteiger charge is -2.21. The lowest BCUT2D eigenvalue weighted by atomic mass is 10.0. The van der Waals surface area contributed by atoms with Crippen LogP contribution in [0.25, 0.3) is 11.0 Å². The normalized spacial score (nSPS) is 12.7.